The van der Waals surface area contributed by atoms with E-state index in [1.54, 1.807) is 0 Å². The molecule has 0 aliphatic heterocycles. The van der Waals surface area contributed by atoms with E-state index in [-0.39, 0.29) is 0 Å². The molecule has 74 valence electrons. The molecule has 1 heterocycles. The van der Waals surface area contributed by atoms with E-state index >= 15 is 0 Å². The summed E-state index contributed by atoms with van der Waals surface area (Å²) in [6.07, 6.45) is 7.39. The van der Waals surface area contributed by atoms with Gasteiger partial charge in [0, 0.05) is 25.0 Å². The number of nitrogens with zero attached hydrogens (tertiary/aromatic N) is 2. The molecule has 1 atom stereocenters. The Hall–Kier alpha value is -0.830. The number of aryl methyl sites for hydroxylation is 2. The Morgan fingerprint density at radius 1 is 1.54 bits per heavy atom. The third-order valence-electron chi connectivity index (χ3n) is 2.23. The lowest BCUT2D eigenvalue weighted by Crippen LogP contribution is -2.14. The summed E-state index contributed by atoms with van der Waals surface area (Å²) in [5.41, 5.74) is 5.66. The topological polar surface area (TPSA) is 43.8 Å². The van der Waals surface area contributed by atoms with Crippen molar-refractivity contribution in [2.75, 3.05) is 0 Å². The van der Waals surface area contributed by atoms with E-state index in [1.807, 2.05) is 19.3 Å². The lowest BCUT2D eigenvalue weighted by molar-refractivity contribution is 0.543. The second-order valence-corrected chi connectivity index (χ2v) is 3.64. The average Bonchev–Trinajstić information content (AvgIpc) is 2.45. The maximum Gasteiger partial charge on any atom is 0.105 e. The van der Waals surface area contributed by atoms with Crippen molar-refractivity contribution >= 4 is 0 Å². The van der Waals surface area contributed by atoms with Gasteiger partial charge >= 0.3 is 0 Å². The van der Waals surface area contributed by atoms with E-state index in [9.17, 15) is 0 Å². The number of unbranched alkanes of at least 4 members (excludes halogenated alkanes) is 1. The number of aromatic nitrogens is 2. The van der Waals surface area contributed by atoms with E-state index in [2.05, 4.69) is 16.5 Å². The van der Waals surface area contributed by atoms with Gasteiger partial charge in [-0.3, -0.25) is 0 Å². The maximum absolute atomic E-state index is 5.66. The molecule has 0 spiro atoms. The minimum absolute atomic E-state index is 0.337. The Bertz CT molecular complexity index is 240. The highest BCUT2D eigenvalue weighted by atomic mass is 15.0. The SMILES string of the molecule is Cc1nccn1CCCCC(C)N. The number of nitrogens with two attached hydrogens (primary N) is 1. The highest BCUT2D eigenvalue weighted by Gasteiger charge is 1.97. The van der Waals surface area contributed by atoms with Crippen LogP contribution in [0.5, 0.6) is 0 Å². The van der Waals surface area contributed by atoms with Gasteiger partial charge in [-0.25, -0.2) is 4.98 Å². The van der Waals surface area contributed by atoms with Crippen molar-refractivity contribution in [1.29, 1.82) is 0 Å². The van der Waals surface area contributed by atoms with E-state index in [0.29, 0.717) is 6.04 Å². The van der Waals surface area contributed by atoms with Crippen molar-refractivity contribution in [1.82, 2.24) is 9.55 Å². The zero-order chi connectivity index (χ0) is 9.68. The molecular weight excluding hydrogens is 162 g/mol. The largest absolute Gasteiger partial charge is 0.335 e. The maximum atomic E-state index is 5.66. The fourth-order valence-electron chi connectivity index (χ4n) is 1.39. The first-order chi connectivity index (χ1) is 6.20. The van der Waals surface area contributed by atoms with Crippen LogP contribution in [0.2, 0.25) is 0 Å². The smallest absolute Gasteiger partial charge is 0.105 e. The van der Waals surface area contributed by atoms with E-state index in [4.69, 9.17) is 5.73 Å². The van der Waals surface area contributed by atoms with Crippen LogP contribution < -0.4 is 5.73 Å². The summed E-state index contributed by atoms with van der Waals surface area (Å²) in [6.45, 7) is 5.16. The van der Waals surface area contributed by atoms with Gasteiger partial charge < -0.3 is 10.3 Å². The van der Waals surface area contributed by atoms with Gasteiger partial charge in [-0.05, 0) is 26.7 Å². The Morgan fingerprint density at radius 3 is 2.85 bits per heavy atom. The van der Waals surface area contributed by atoms with Crippen LogP contribution in [0, 0.1) is 6.92 Å². The Morgan fingerprint density at radius 2 is 2.31 bits per heavy atom. The monoisotopic (exact) mass is 181 g/mol. The van der Waals surface area contributed by atoms with Gasteiger partial charge in [0.15, 0.2) is 0 Å². The van der Waals surface area contributed by atoms with Crippen LogP contribution in [0.1, 0.15) is 32.0 Å². The molecule has 0 amide bonds. The van der Waals surface area contributed by atoms with Gasteiger partial charge in [-0.15, -0.1) is 0 Å². The highest BCUT2D eigenvalue weighted by Crippen LogP contribution is 2.03. The molecule has 3 heteroatoms. The molecular formula is C10H19N3. The zero-order valence-corrected chi connectivity index (χ0v) is 8.53. The summed E-state index contributed by atoms with van der Waals surface area (Å²) in [7, 11) is 0. The minimum Gasteiger partial charge on any atom is -0.335 e. The van der Waals surface area contributed by atoms with Crippen LogP contribution in [-0.4, -0.2) is 15.6 Å². The van der Waals surface area contributed by atoms with E-state index in [0.717, 1.165) is 18.8 Å². The second kappa shape index (κ2) is 5.02. The van der Waals surface area contributed by atoms with Crippen LogP contribution in [-0.2, 0) is 6.54 Å². The fourth-order valence-corrected chi connectivity index (χ4v) is 1.39. The van der Waals surface area contributed by atoms with Gasteiger partial charge in [0.2, 0.25) is 0 Å². The minimum atomic E-state index is 0.337. The van der Waals surface area contributed by atoms with Gasteiger partial charge in [0.25, 0.3) is 0 Å². The van der Waals surface area contributed by atoms with Crippen LogP contribution in [0.25, 0.3) is 0 Å². The molecule has 2 N–H and O–H groups in total. The molecule has 0 fully saturated rings. The summed E-state index contributed by atoms with van der Waals surface area (Å²) in [4.78, 5) is 4.17. The van der Waals surface area contributed by atoms with Crippen LogP contribution in [0.4, 0.5) is 0 Å². The number of hydrogen-bond donors (Lipinski definition) is 1. The molecule has 0 aliphatic carbocycles. The molecule has 1 unspecified atom stereocenters. The van der Waals surface area contributed by atoms with Crippen molar-refractivity contribution in [3.05, 3.63) is 18.2 Å². The standard InChI is InChI=1S/C10H19N3/c1-9(11)5-3-4-7-13-8-6-12-10(13)2/h6,8-9H,3-5,7,11H2,1-2H3. The average molecular weight is 181 g/mol. The first-order valence-corrected chi connectivity index (χ1v) is 4.93. The normalized spacial score (nSPS) is 13.2. The Labute approximate surface area is 80.0 Å². The van der Waals surface area contributed by atoms with Crippen LogP contribution in [0.3, 0.4) is 0 Å². The molecule has 0 saturated carbocycles. The molecule has 0 bridgehead atoms. The summed E-state index contributed by atoms with van der Waals surface area (Å²) in [5.74, 6) is 1.10. The van der Waals surface area contributed by atoms with Crippen molar-refractivity contribution in [2.45, 2.75) is 45.7 Å². The van der Waals surface area contributed by atoms with Crippen molar-refractivity contribution in [2.24, 2.45) is 5.73 Å². The lowest BCUT2D eigenvalue weighted by atomic mass is 10.1. The summed E-state index contributed by atoms with van der Waals surface area (Å²) < 4.78 is 2.18. The van der Waals surface area contributed by atoms with Crippen LogP contribution in [0.15, 0.2) is 12.4 Å². The third-order valence-corrected chi connectivity index (χ3v) is 2.23. The molecule has 3 nitrogen and oxygen atoms in total. The Balaban J connectivity index is 2.17. The Kier molecular flexibility index (Phi) is 3.96. The zero-order valence-electron chi connectivity index (χ0n) is 8.53. The third kappa shape index (κ3) is 3.59. The summed E-state index contributed by atoms with van der Waals surface area (Å²) >= 11 is 0. The van der Waals surface area contributed by atoms with Crippen LogP contribution >= 0.6 is 0 Å². The van der Waals surface area contributed by atoms with Crippen molar-refractivity contribution in [3.63, 3.8) is 0 Å². The molecule has 13 heavy (non-hydrogen) atoms. The first kappa shape index (κ1) is 10.3. The van der Waals surface area contributed by atoms with Gasteiger partial charge in [-0.2, -0.15) is 0 Å². The van der Waals surface area contributed by atoms with Gasteiger partial charge in [-0.1, -0.05) is 6.42 Å². The summed E-state index contributed by atoms with van der Waals surface area (Å²) in [6, 6.07) is 0.337. The number of hydrogen-bond acceptors (Lipinski definition) is 2. The predicted octanol–water partition coefficient (Wildman–Crippen LogP) is 1.71. The molecule has 0 radical (unpaired) electrons. The number of rotatable bonds is 5. The molecule has 0 aromatic carbocycles. The predicted molar refractivity (Wildman–Crippen MR) is 54.5 cm³/mol. The first-order valence-electron chi connectivity index (χ1n) is 4.93. The quantitative estimate of drug-likeness (QED) is 0.703. The van der Waals surface area contributed by atoms with E-state index < -0.39 is 0 Å². The molecule has 0 saturated heterocycles. The molecule has 1 aromatic heterocycles. The van der Waals surface area contributed by atoms with E-state index in [1.165, 1.54) is 12.8 Å². The summed E-state index contributed by atoms with van der Waals surface area (Å²) in [5, 5.41) is 0. The van der Waals surface area contributed by atoms with Gasteiger partial charge in [0.1, 0.15) is 5.82 Å². The molecule has 1 aromatic rings. The second-order valence-electron chi connectivity index (χ2n) is 3.64. The highest BCUT2D eigenvalue weighted by molar-refractivity contribution is 4.87. The van der Waals surface area contributed by atoms with Crippen molar-refractivity contribution < 1.29 is 0 Å². The molecule has 0 aliphatic rings. The molecule has 1 rings (SSSR count). The lowest BCUT2D eigenvalue weighted by Gasteiger charge is -2.06. The fraction of sp³-hybridized carbons (Fsp3) is 0.700. The van der Waals surface area contributed by atoms with Crippen molar-refractivity contribution in [3.8, 4) is 0 Å². The number of imidazole rings is 1. The van der Waals surface area contributed by atoms with Gasteiger partial charge in [0.05, 0.1) is 0 Å².